The fraction of sp³-hybridized carbons (Fsp3) is 0.462. The number of hydrogen-bond acceptors (Lipinski definition) is 4. The summed E-state index contributed by atoms with van der Waals surface area (Å²) in [7, 11) is 0. The van der Waals surface area contributed by atoms with Gasteiger partial charge in [-0.05, 0) is 17.9 Å². The molecule has 1 heterocycles. The number of carbonyl (C=O) groups is 1. The van der Waals surface area contributed by atoms with E-state index in [1.165, 1.54) is 11.8 Å². The normalized spacial score (nSPS) is 18.8. The lowest BCUT2D eigenvalue weighted by Gasteiger charge is -2.15. The molecule has 1 saturated heterocycles. The minimum atomic E-state index is -0.944. The molecule has 1 aromatic rings. The van der Waals surface area contributed by atoms with E-state index in [4.69, 9.17) is 9.47 Å². The lowest BCUT2D eigenvalue weighted by molar-refractivity contribution is 0.0683. The highest BCUT2D eigenvalue weighted by molar-refractivity contribution is 7.99. The van der Waals surface area contributed by atoms with Crippen LogP contribution in [0.3, 0.4) is 0 Å². The summed E-state index contributed by atoms with van der Waals surface area (Å²) in [5.41, 5.74) is 0.260. The second-order valence-electron chi connectivity index (χ2n) is 3.97. The van der Waals surface area contributed by atoms with E-state index in [1.54, 1.807) is 6.07 Å². The van der Waals surface area contributed by atoms with Crippen molar-refractivity contribution < 1.29 is 19.4 Å². The molecule has 1 atom stereocenters. The topological polar surface area (TPSA) is 55.8 Å². The Kier molecular flexibility index (Phi) is 4.49. The molecule has 0 amide bonds. The minimum Gasteiger partial charge on any atom is -0.487 e. The number of carboxylic acids is 1. The second-order valence-corrected chi connectivity index (χ2v) is 5.28. The Labute approximate surface area is 110 Å². The molecular weight excluding hydrogens is 252 g/mol. The molecule has 0 aromatic heterocycles. The number of thioether (sulfide) groups is 1. The summed E-state index contributed by atoms with van der Waals surface area (Å²) in [6.45, 7) is 3.20. The summed E-state index contributed by atoms with van der Waals surface area (Å²) < 4.78 is 11.0. The highest BCUT2D eigenvalue weighted by Gasteiger charge is 2.22. The first kappa shape index (κ1) is 13.2. The number of rotatable bonds is 5. The highest BCUT2D eigenvalue weighted by atomic mass is 32.2. The zero-order valence-electron chi connectivity index (χ0n) is 10.2. The Bertz CT molecular complexity index is 427. The van der Waals surface area contributed by atoms with Gasteiger partial charge in [0.1, 0.15) is 17.4 Å². The van der Waals surface area contributed by atoms with Crippen LogP contribution in [0.5, 0.6) is 5.75 Å². The fourth-order valence-corrected chi connectivity index (χ4v) is 2.70. The summed E-state index contributed by atoms with van der Waals surface area (Å²) in [4.78, 5) is 12.1. The molecule has 0 spiro atoms. The van der Waals surface area contributed by atoms with Gasteiger partial charge in [0.05, 0.1) is 13.2 Å². The molecular formula is C13H16O4S. The van der Waals surface area contributed by atoms with E-state index < -0.39 is 5.97 Å². The first-order valence-corrected chi connectivity index (χ1v) is 6.94. The standard InChI is InChI=1S/C13H16O4S/c1-2-18-11-5-3-4-10(12(11)13(14)15)17-9-6-7-16-8-9/h3-5,9H,2,6-8H2,1H3,(H,14,15). The van der Waals surface area contributed by atoms with Crippen molar-refractivity contribution in [3.8, 4) is 5.75 Å². The van der Waals surface area contributed by atoms with Crippen LogP contribution < -0.4 is 4.74 Å². The van der Waals surface area contributed by atoms with Gasteiger partial charge in [-0.3, -0.25) is 0 Å². The Morgan fingerprint density at radius 2 is 2.44 bits per heavy atom. The fourth-order valence-electron chi connectivity index (χ4n) is 1.88. The van der Waals surface area contributed by atoms with Gasteiger partial charge in [-0.1, -0.05) is 13.0 Å². The number of benzene rings is 1. The summed E-state index contributed by atoms with van der Waals surface area (Å²) in [5, 5.41) is 9.32. The van der Waals surface area contributed by atoms with E-state index in [9.17, 15) is 9.90 Å². The van der Waals surface area contributed by atoms with Crippen molar-refractivity contribution in [2.24, 2.45) is 0 Å². The highest BCUT2D eigenvalue weighted by Crippen LogP contribution is 2.31. The molecule has 0 radical (unpaired) electrons. The van der Waals surface area contributed by atoms with Crippen LogP contribution in [-0.2, 0) is 4.74 Å². The van der Waals surface area contributed by atoms with Crippen LogP contribution >= 0.6 is 11.8 Å². The molecule has 0 saturated carbocycles. The molecule has 98 valence electrons. The van der Waals surface area contributed by atoms with Crippen LogP contribution in [0, 0.1) is 0 Å². The molecule has 1 aliphatic rings. The van der Waals surface area contributed by atoms with Crippen molar-refractivity contribution in [2.45, 2.75) is 24.3 Å². The molecule has 5 heteroatoms. The Morgan fingerprint density at radius 1 is 1.61 bits per heavy atom. The number of aromatic carboxylic acids is 1. The van der Waals surface area contributed by atoms with Gasteiger partial charge in [0.2, 0.25) is 0 Å². The Morgan fingerprint density at radius 3 is 3.06 bits per heavy atom. The monoisotopic (exact) mass is 268 g/mol. The van der Waals surface area contributed by atoms with Gasteiger partial charge in [-0.2, -0.15) is 0 Å². The zero-order valence-corrected chi connectivity index (χ0v) is 11.0. The van der Waals surface area contributed by atoms with Crippen molar-refractivity contribution >= 4 is 17.7 Å². The third kappa shape index (κ3) is 2.97. The summed E-state index contributed by atoms with van der Waals surface area (Å²) in [5.74, 6) is 0.327. The third-order valence-corrected chi connectivity index (χ3v) is 3.62. The van der Waals surface area contributed by atoms with E-state index in [-0.39, 0.29) is 11.7 Å². The molecule has 1 unspecified atom stereocenters. The maximum atomic E-state index is 11.4. The quantitative estimate of drug-likeness (QED) is 0.832. The molecule has 1 N–H and O–H groups in total. The molecule has 4 nitrogen and oxygen atoms in total. The molecule has 18 heavy (non-hydrogen) atoms. The summed E-state index contributed by atoms with van der Waals surface area (Å²) in [6, 6.07) is 5.35. The van der Waals surface area contributed by atoms with Crippen molar-refractivity contribution in [3.05, 3.63) is 23.8 Å². The third-order valence-electron chi connectivity index (χ3n) is 2.68. The lowest BCUT2D eigenvalue weighted by atomic mass is 10.2. The molecule has 2 rings (SSSR count). The van der Waals surface area contributed by atoms with E-state index in [0.29, 0.717) is 19.0 Å². The minimum absolute atomic E-state index is 0.0371. The van der Waals surface area contributed by atoms with Crippen molar-refractivity contribution in [3.63, 3.8) is 0 Å². The Balaban J connectivity index is 2.26. The number of ether oxygens (including phenoxy) is 2. The van der Waals surface area contributed by atoms with Crippen LogP contribution in [0.4, 0.5) is 0 Å². The van der Waals surface area contributed by atoms with E-state index in [2.05, 4.69) is 0 Å². The van der Waals surface area contributed by atoms with Crippen LogP contribution in [0.15, 0.2) is 23.1 Å². The second kappa shape index (κ2) is 6.11. The zero-order chi connectivity index (χ0) is 13.0. The molecule has 1 aliphatic heterocycles. The van der Waals surface area contributed by atoms with Crippen molar-refractivity contribution in [1.82, 2.24) is 0 Å². The first-order valence-electron chi connectivity index (χ1n) is 5.96. The van der Waals surface area contributed by atoms with Gasteiger partial charge in [0.15, 0.2) is 0 Å². The van der Waals surface area contributed by atoms with Crippen molar-refractivity contribution in [1.29, 1.82) is 0 Å². The predicted octanol–water partition coefficient (Wildman–Crippen LogP) is 2.66. The maximum absolute atomic E-state index is 11.4. The van der Waals surface area contributed by atoms with E-state index in [1.807, 2.05) is 19.1 Å². The number of hydrogen-bond donors (Lipinski definition) is 1. The smallest absolute Gasteiger partial charge is 0.340 e. The van der Waals surface area contributed by atoms with Crippen LogP contribution in [0.2, 0.25) is 0 Å². The first-order chi connectivity index (χ1) is 8.72. The van der Waals surface area contributed by atoms with Gasteiger partial charge >= 0.3 is 5.97 Å². The summed E-state index contributed by atoms with van der Waals surface area (Å²) in [6.07, 6.45) is 0.773. The number of carboxylic acid groups (broad SMARTS) is 1. The van der Waals surface area contributed by atoms with Gasteiger partial charge in [0.25, 0.3) is 0 Å². The van der Waals surface area contributed by atoms with Crippen LogP contribution in [0.1, 0.15) is 23.7 Å². The molecule has 1 fully saturated rings. The van der Waals surface area contributed by atoms with E-state index >= 15 is 0 Å². The van der Waals surface area contributed by atoms with Gasteiger partial charge in [-0.25, -0.2) is 4.79 Å². The predicted molar refractivity (Wildman–Crippen MR) is 69.7 cm³/mol. The maximum Gasteiger partial charge on any atom is 0.340 e. The Hall–Kier alpha value is -1.20. The van der Waals surface area contributed by atoms with Gasteiger partial charge in [0, 0.05) is 11.3 Å². The average Bonchev–Trinajstić information content (AvgIpc) is 2.82. The average molecular weight is 268 g/mol. The van der Waals surface area contributed by atoms with Crippen LogP contribution in [0.25, 0.3) is 0 Å². The molecule has 0 aliphatic carbocycles. The van der Waals surface area contributed by atoms with Crippen LogP contribution in [-0.4, -0.2) is 36.1 Å². The summed E-state index contributed by atoms with van der Waals surface area (Å²) >= 11 is 1.51. The van der Waals surface area contributed by atoms with E-state index in [0.717, 1.165) is 17.1 Å². The molecule has 0 bridgehead atoms. The lowest BCUT2D eigenvalue weighted by Crippen LogP contribution is -2.17. The molecule has 1 aromatic carbocycles. The van der Waals surface area contributed by atoms with Gasteiger partial charge < -0.3 is 14.6 Å². The largest absolute Gasteiger partial charge is 0.487 e. The van der Waals surface area contributed by atoms with Crippen molar-refractivity contribution in [2.75, 3.05) is 19.0 Å². The van der Waals surface area contributed by atoms with Gasteiger partial charge in [-0.15, -0.1) is 11.8 Å². The SMILES string of the molecule is CCSc1cccc(OC2CCOC2)c1C(=O)O.